The van der Waals surface area contributed by atoms with Gasteiger partial charge in [-0.25, -0.2) is 9.18 Å². The molecule has 148 valence electrons. The lowest BCUT2D eigenvalue weighted by molar-refractivity contribution is -0.123. The Morgan fingerprint density at radius 3 is 2.63 bits per heavy atom. The summed E-state index contributed by atoms with van der Waals surface area (Å²) >= 11 is 5.87. The van der Waals surface area contributed by atoms with Crippen LogP contribution in [0.3, 0.4) is 0 Å². The lowest BCUT2D eigenvalue weighted by Gasteiger charge is -2.32. The number of likely N-dealkylation sites (tertiary alicyclic amines) is 1. The molecule has 5 nitrogen and oxygen atoms in total. The molecule has 1 saturated heterocycles. The third-order valence-electron chi connectivity index (χ3n) is 5.39. The molecule has 0 radical (unpaired) electrons. The zero-order chi connectivity index (χ0) is 19.9. The van der Waals surface area contributed by atoms with Gasteiger partial charge < -0.3 is 9.64 Å². The van der Waals surface area contributed by atoms with Crippen LogP contribution in [0.15, 0.2) is 18.2 Å². The number of benzene rings is 1. The van der Waals surface area contributed by atoms with E-state index in [0.29, 0.717) is 18.2 Å². The summed E-state index contributed by atoms with van der Waals surface area (Å²) in [6.45, 7) is 5.97. The molecule has 0 bridgehead atoms. The van der Waals surface area contributed by atoms with E-state index in [1.54, 1.807) is 11.9 Å². The summed E-state index contributed by atoms with van der Waals surface area (Å²) in [5, 5.41) is -0.0405. The second-order valence-corrected chi connectivity index (χ2v) is 8.84. The molecule has 0 N–H and O–H groups in total. The molecular formula is C20H26ClFN2O3. The van der Waals surface area contributed by atoms with Gasteiger partial charge in [-0.15, -0.1) is 0 Å². The summed E-state index contributed by atoms with van der Waals surface area (Å²) < 4.78 is 19.0. The van der Waals surface area contributed by atoms with Crippen LogP contribution in [0.5, 0.6) is 0 Å². The fraction of sp³-hybridized carbons (Fsp3) is 0.600. The Morgan fingerprint density at radius 2 is 2.00 bits per heavy atom. The first-order valence-corrected chi connectivity index (χ1v) is 9.68. The number of hydrogen-bond acceptors (Lipinski definition) is 3. The summed E-state index contributed by atoms with van der Waals surface area (Å²) in [4.78, 5) is 29.1. The van der Waals surface area contributed by atoms with Crippen LogP contribution in [-0.2, 0) is 9.53 Å². The van der Waals surface area contributed by atoms with E-state index in [0.717, 1.165) is 19.3 Å². The Kier molecular flexibility index (Phi) is 5.39. The van der Waals surface area contributed by atoms with Gasteiger partial charge in [-0.2, -0.15) is 0 Å². The molecule has 1 aliphatic heterocycles. The van der Waals surface area contributed by atoms with Gasteiger partial charge in [0.15, 0.2) is 0 Å². The summed E-state index contributed by atoms with van der Waals surface area (Å²) in [5.74, 6) is -0.286. The van der Waals surface area contributed by atoms with Crippen molar-refractivity contribution in [1.29, 1.82) is 0 Å². The minimum atomic E-state index is -0.626. The Labute approximate surface area is 164 Å². The fourth-order valence-electron chi connectivity index (χ4n) is 4.15. The summed E-state index contributed by atoms with van der Waals surface area (Å²) in [6, 6.07) is 3.60. The zero-order valence-electron chi connectivity index (χ0n) is 16.2. The number of anilines is 1. The average Bonchev–Trinajstić information content (AvgIpc) is 3.15. The molecule has 3 rings (SSSR count). The number of likely N-dealkylation sites (N-methyl/N-ethyl adjacent to an activating group) is 1. The number of carbonyl (C=O) groups is 2. The first-order valence-electron chi connectivity index (χ1n) is 9.31. The molecule has 2 fully saturated rings. The van der Waals surface area contributed by atoms with Gasteiger partial charge >= 0.3 is 6.09 Å². The second-order valence-electron chi connectivity index (χ2n) is 8.43. The number of fused-ring (bicyclic) bond motifs is 1. The first-order chi connectivity index (χ1) is 12.6. The van der Waals surface area contributed by atoms with Crippen LogP contribution in [0.4, 0.5) is 14.9 Å². The molecule has 1 aliphatic carbocycles. The molecule has 1 aromatic carbocycles. The number of hydrogen-bond donors (Lipinski definition) is 0. The van der Waals surface area contributed by atoms with Crippen LogP contribution < -0.4 is 4.90 Å². The lowest BCUT2D eigenvalue weighted by Crippen LogP contribution is -2.50. The summed E-state index contributed by atoms with van der Waals surface area (Å²) in [7, 11) is 1.63. The van der Waals surface area contributed by atoms with Crippen LogP contribution in [0.1, 0.15) is 40.0 Å². The number of carbonyl (C=O) groups excluding carboxylic acids is 2. The lowest BCUT2D eigenvalue weighted by atomic mass is 9.93. The van der Waals surface area contributed by atoms with Gasteiger partial charge in [-0.1, -0.05) is 18.0 Å². The highest BCUT2D eigenvalue weighted by Gasteiger charge is 2.51. The number of amides is 2. The first kappa shape index (κ1) is 19.9. The second kappa shape index (κ2) is 7.30. The summed E-state index contributed by atoms with van der Waals surface area (Å²) in [6.07, 6.45) is 2.53. The minimum absolute atomic E-state index is 0.0405. The van der Waals surface area contributed by atoms with Crippen molar-refractivity contribution in [2.24, 2.45) is 11.8 Å². The molecule has 2 amide bonds. The van der Waals surface area contributed by atoms with Gasteiger partial charge in [0.05, 0.1) is 5.02 Å². The van der Waals surface area contributed by atoms with E-state index in [-0.39, 0.29) is 16.8 Å². The topological polar surface area (TPSA) is 49.9 Å². The molecule has 1 unspecified atom stereocenters. The van der Waals surface area contributed by atoms with Gasteiger partial charge in [0.1, 0.15) is 17.5 Å². The highest BCUT2D eigenvalue weighted by molar-refractivity contribution is 6.31. The predicted molar refractivity (Wildman–Crippen MR) is 102 cm³/mol. The monoisotopic (exact) mass is 396 g/mol. The van der Waals surface area contributed by atoms with Crippen molar-refractivity contribution in [3.63, 3.8) is 0 Å². The predicted octanol–water partition coefficient (Wildman–Crippen LogP) is 4.48. The molecule has 1 heterocycles. The molecule has 1 saturated carbocycles. The van der Waals surface area contributed by atoms with Crippen LogP contribution in [-0.4, -0.2) is 42.1 Å². The molecule has 0 spiro atoms. The van der Waals surface area contributed by atoms with Crippen LogP contribution in [0.2, 0.25) is 5.02 Å². The Balaban J connectivity index is 1.86. The maximum atomic E-state index is 13.5. The SMILES string of the molecule is CN(C(=O)[C@@H]1C2CCC[C@H]2CN1C(=O)OC(C)(C)C)c1ccc(F)c(Cl)c1. The standard InChI is InChI=1S/C20H26ClFN2O3/c1-20(2,3)27-19(26)24-11-12-6-5-7-14(12)17(24)18(25)23(4)13-8-9-16(22)15(21)10-13/h8-10,12,14,17H,5-7,11H2,1-4H3/t12-,14?,17-/m0/s1. The molecule has 27 heavy (non-hydrogen) atoms. The smallest absolute Gasteiger partial charge is 0.410 e. The van der Waals surface area contributed by atoms with Crippen molar-refractivity contribution < 1.29 is 18.7 Å². The largest absolute Gasteiger partial charge is 0.444 e. The molecule has 7 heteroatoms. The van der Waals surface area contributed by atoms with Crippen molar-refractivity contribution in [2.75, 3.05) is 18.5 Å². The Morgan fingerprint density at radius 1 is 1.30 bits per heavy atom. The molecule has 2 aliphatic rings. The van der Waals surface area contributed by atoms with Crippen molar-refractivity contribution in [2.45, 2.75) is 51.7 Å². The van der Waals surface area contributed by atoms with Crippen LogP contribution in [0.25, 0.3) is 0 Å². The van der Waals surface area contributed by atoms with E-state index in [1.165, 1.54) is 23.1 Å². The third kappa shape index (κ3) is 4.05. The third-order valence-corrected chi connectivity index (χ3v) is 5.68. The minimum Gasteiger partial charge on any atom is -0.444 e. The summed E-state index contributed by atoms with van der Waals surface area (Å²) in [5.41, 5.74) is -0.129. The maximum Gasteiger partial charge on any atom is 0.410 e. The normalized spacial score (nSPS) is 24.7. The van der Waals surface area contributed by atoms with E-state index >= 15 is 0 Å². The van der Waals surface area contributed by atoms with Crippen molar-refractivity contribution in [3.05, 3.63) is 29.0 Å². The fourth-order valence-corrected chi connectivity index (χ4v) is 4.32. The van der Waals surface area contributed by atoms with Crippen LogP contribution >= 0.6 is 11.6 Å². The van der Waals surface area contributed by atoms with E-state index in [4.69, 9.17) is 16.3 Å². The molecule has 0 aromatic heterocycles. The van der Waals surface area contributed by atoms with Crippen molar-refractivity contribution >= 4 is 29.3 Å². The van der Waals surface area contributed by atoms with E-state index in [9.17, 15) is 14.0 Å². The van der Waals surface area contributed by atoms with Gasteiger partial charge in [0.2, 0.25) is 5.91 Å². The van der Waals surface area contributed by atoms with E-state index in [2.05, 4.69) is 0 Å². The van der Waals surface area contributed by atoms with Crippen molar-refractivity contribution in [3.8, 4) is 0 Å². The van der Waals surface area contributed by atoms with Crippen molar-refractivity contribution in [1.82, 2.24) is 4.90 Å². The van der Waals surface area contributed by atoms with E-state index < -0.39 is 23.6 Å². The zero-order valence-corrected chi connectivity index (χ0v) is 16.9. The van der Waals surface area contributed by atoms with Gasteiger partial charge in [0.25, 0.3) is 0 Å². The van der Waals surface area contributed by atoms with E-state index in [1.807, 2.05) is 20.8 Å². The number of nitrogens with zero attached hydrogens (tertiary/aromatic N) is 2. The molecular weight excluding hydrogens is 371 g/mol. The van der Waals surface area contributed by atoms with Gasteiger partial charge in [-0.3, -0.25) is 9.69 Å². The molecule has 1 aromatic rings. The number of ether oxygens (including phenoxy) is 1. The van der Waals surface area contributed by atoms with Crippen LogP contribution in [0, 0.1) is 17.7 Å². The number of rotatable bonds is 2. The molecule has 3 atom stereocenters. The van der Waals surface area contributed by atoms with Gasteiger partial charge in [0, 0.05) is 19.3 Å². The average molecular weight is 397 g/mol. The highest BCUT2D eigenvalue weighted by Crippen LogP contribution is 2.43. The Bertz CT molecular complexity index is 749. The highest BCUT2D eigenvalue weighted by atomic mass is 35.5. The maximum absolute atomic E-state index is 13.5. The number of halogens is 2. The quantitative estimate of drug-likeness (QED) is 0.740. The van der Waals surface area contributed by atoms with Gasteiger partial charge in [-0.05, 0) is 63.6 Å². The Hall–Kier alpha value is -1.82.